The van der Waals surface area contributed by atoms with Gasteiger partial charge in [0.1, 0.15) is 15.7 Å². The second-order valence-electron chi connectivity index (χ2n) is 4.91. The molecular formula is C14H16N4O2S. The first-order valence-electron chi connectivity index (χ1n) is 6.85. The second-order valence-corrected chi connectivity index (χ2v) is 5.91. The van der Waals surface area contributed by atoms with Crippen LogP contribution in [0.3, 0.4) is 0 Å². The summed E-state index contributed by atoms with van der Waals surface area (Å²) in [5, 5.41) is 3.58. The van der Waals surface area contributed by atoms with E-state index < -0.39 is 6.04 Å². The summed E-state index contributed by atoms with van der Waals surface area (Å²) in [7, 11) is 0. The van der Waals surface area contributed by atoms with Crippen LogP contribution in [0.4, 0.5) is 5.69 Å². The normalized spacial score (nSPS) is 18.8. The van der Waals surface area contributed by atoms with Crippen molar-refractivity contribution in [1.82, 2.24) is 15.2 Å². The van der Waals surface area contributed by atoms with E-state index in [-0.39, 0.29) is 11.8 Å². The number of nitrogens with two attached hydrogens (primary N) is 1. The molecule has 0 aliphatic carbocycles. The van der Waals surface area contributed by atoms with Crippen molar-refractivity contribution in [2.24, 2.45) is 0 Å². The van der Waals surface area contributed by atoms with Crippen LogP contribution in [0, 0.1) is 0 Å². The highest BCUT2D eigenvalue weighted by molar-refractivity contribution is 7.21. The lowest BCUT2D eigenvalue weighted by atomic mass is 10.1. The van der Waals surface area contributed by atoms with Gasteiger partial charge in [-0.2, -0.15) is 0 Å². The molecule has 0 spiro atoms. The molecule has 0 radical (unpaired) electrons. The number of nitrogens with zero attached hydrogens (tertiary/aromatic N) is 2. The van der Waals surface area contributed by atoms with Crippen LogP contribution in [0.2, 0.25) is 0 Å². The van der Waals surface area contributed by atoms with Crippen LogP contribution in [0.5, 0.6) is 0 Å². The SMILES string of the molecule is CCC1C(=O)NCCN1C(=O)c1sc2ncccc2c1N. The Balaban J connectivity index is 1.99. The van der Waals surface area contributed by atoms with Gasteiger partial charge in [-0.3, -0.25) is 9.59 Å². The molecule has 0 saturated carbocycles. The van der Waals surface area contributed by atoms with E-state index in [2.05, 4.69) is 10.3 Å². The molecule has 1 saturated heterocycles. The minimum atomic E-state index is -0.427. The maximum atomic E-state index is 12.8. The molecule has 0 aromatic carbocycles. The van der Waals surface area contributed by atoms with Crippen LogP contribution < -0.4 is 11.1 Å². The number of hydrogen-bond donors (Lipinski definition) is 2. The van der Waals surface area contributed by atoms with E-state index in [0.29, 0.717) is 30.1 Å². The number of thiophene rings is 1. The number of carbonyl (C=O) groups is 2. The zero-order chi connectivity index (χ0) is 15.0. The number of anilines is 1. The number of nitrogen functional groups attached to an aromatic ring is 1. The van der Waals surface area contributed by atoms with E-state index in [0.717, 1.165) is 10.2 Å². The van der Waals surface area contributed by atoms with Crippen LogP contribution >= 0.6 is 11.3 Å². The molecule has 2 aromatic rings. The van der Waals surface area contributed by atoms with Crippen LogP contribution in [0.15, 0.2) is 18.3 Å². The van der Waals surface area contributed by atoms with Crippen molar-refractivity contribution < 1.29 is 9.59 Å². The summed E-state index contributed by atoms with van der Waals surface area (Å²) in [4.78, 5) is 31.7. The molecule has 6 nitrogen and oxygen atoms in total. The van der Waals surface area contributed by atoms with Crippen molar-refractivity contribution in [3.05, 3.63) is 23.2 Å². The Labute approximate surface area is 125 Å². The molecule has 3 heterocycles. The molecule has 1 fully saturated rings. The molecule has 21 heavy (non-hydrogen) atoms. The van der Waals surface area contributed by atoms with Gasteiger partial charge in [-0.25, -0.2) is 4.98 Å². The predicted molar refractivity (Wildman–Crippen MR) is 82.2 cm³/mol. The maximum Gasteiger partial charge on any atom is 0.266 e. The predicted octanol–water partition coefficient (Wildman–Crippen LogP) is 1.23. The number of hydrogen-bond acceptors (Lipinski definition) is 5. The minimum Gasteiger partial charge on any atom is -0.397 e. The molecule has 7 heteroatoms. The van der Waals surface area contributed by atoms with Gasteiger partial charge in [0.25, 0.3) is 5.91 Å². The third-order valence-corrected chi connectivity index (χ3v) is 4.79. The van der Waals surface area contributed by atoms with Gasteiger partial charge in [0.05, 0.1) is 5.69 Å². The summed E-state index contributed by atoms with van der Waals surface area (Å²) in [6.07, 6.45) is 2.26. The standard InChI is InChI=1S/C14H16N4O2S/c1-2-9-12(19)16-6-7-18(9)14(20)11-10(15)8-4-3-5-17-13(8)21-11/h3-5,9H,2,6-7,15H2,1H3,(H,16,19). The molecule has 3 N–H and O–H groups in total. The van der Waals surface area contributed by atoms with Crippen molar-refractivity contribution in [1.29, 1.82) is 0 Å². The molecule has 2 aromatic heterocycles. The van der Waals surface area contributed by atoms with Crippen molar-refractivity contribution in [2.75, 3.05) is 18.8 Å². The third-order valence-electron chi connectivity index (χ3n) is 3.68. The van der Waals surface area contributed by atoms with Gasteiger partial charge in [-0.05, 0) is 18.6 Å². The van der Waals surface area contributed by atoms with E-state index in [4.69, 9.17) is 5.73 Å². The molecule has 2 amide bonds. The van der Waals surface area contributed by atoms with Gasteiger partial charge < -0.3 is 16.0 Å². The summed E-state index contributed by atoms with van der Waals surface area (Å²) in [5.41, 5.74) is 6.54. The zero-order valence-corrected chi connectivity index (χ0v) is 12.4. The van der Waals surface area contributed by atoms with Crippen molar-refractivity contribution >= 4 is 39.1 Å². The molecule has 0 bridgehead atoms. The Morgan fingerprint density at radius 1 is 1.62 bits per heavy atom. The molecule has 110 valence electrons. The highest BCUT2D eigenvalue weighted by Crippen LogP contribution is 2.33. The third kappa shape index (κ3) is 2.23. The van der Waals surface area contributed by atoms with Crippen molar-refractivity contribution in [3.63, 3.8) is 0 Å². The average molecular weight is 304 g/mol. The molecular weight excluding hydrogens is 288 g/mol. The van der Waals surface area contributed by atoms with Crippen molar-refractivity contribution in [3.8, 4) is 0 Å². The number of fused-ring (bicyclic) bond motifs is 1. The highest BCUT2D eigenvalue weighted by Gasteiger charge is 2.33. The number of amides is 2. The molecule has 1 aliphatic rings. The largest absolute Gasteiger partial charge is 0.397 e. The monoisotopic (exact) mass is 304 g/mol. The zero-order valence-electron chi connectivity index (χ0n) is 11.6. The first-order valence-corrected chi connectivity index (χ1v) is 7.66. The van der Waals surface area contributed by atoms with E-state index in [1.807, 2.05) is 13.0 Å². The number of nitrogens with one attached hydrogen (secondary N) is 1. The van der Waals surface area contributed by atoms with Gasteiger partial charge >= 0.3 is 0 Å². The Hall–Kier alpha value is -2.15. The number of carbonyl (C=O) groups excluding carboxylic acids is 2. The van der Waals surface area contributed by atoms with E-state index in [1.165, 1.54) is 11.3 Å². The molecule has 1 unspecified atom stereocenters. The first kappa shape index (κ1) is 13.8. The number of aromatic nitrogens is 1. The molecule has 1 atom stereocenters. The van der Waals surface area contributed by atoms with Crippen molar-refractivity contribution in [2.45, 2.75) is 19.4 Å². The molecule has 3 rings (SSSR count). The summed E-state index contributed by atoms with van der Waals surface area (Å²) >= 11 is 1.28. The quantitative estimate of drug-likeness (QED) is 0.873. The smallest absolute Gasteiger partial charge is 0.266 e. The van der Waals surface area contributed by atoms with Crippen LogP contribution in [-0.2, 0) is 4.79 Å². The Kier molecular flexibility index (Phi) is 3.50. The Bertz CT molecular complexity index is 712. The topological polar surface area (TPSA) is 88.3 Å². The van der Waals surface area contributed by atoms with Gasteiger partial charge in [-0.1, -0.05) is 6.92 Å². The van der Waals surface area contributed by atoms with Gasteiger partial charge in [0.2, 0.25) is 5.91 Å². The summed E-state index contributed by atoms with van der Waals surface area (Å²) in [6, 6.07) is 3.22. The first-order chi connectivity index (χ1) is 10.1. The Morgan fingerprint density at radius 3 is 3.14 bits per heavy atom. The van der Waals surface area contributed by atoms with E-state index >= 15 is 0 Å². The average Bonchev–Trinajstić information content (AvgIpc) is 2.84. The maximum absolute atomic E-state index is 12.8. The van der Waals surface area contributed by atoms with E-state index in [9.17, 15) is 9.59 Å². The van der Waals surface area contributed by atoms with Gasteiger partial charge in [0, 0.05) is 24.7 Å². The summed E-state index contributed by atoms with van der Waals surface area (Å²) in [5.74, 6) is -0.285. The lowest BCUT2D eigenvalue weighted by molar-refractivity contribution is -0.127. The number of pyridine rings is 1. The Morgan fingerprint density at radius 2 is 2.43 bits per heavy atom. The summed E-state index contributed by atoms with van der Waals surface area (Å²) < 4.78 is 0. The lowest BCUT2D eigenvalue weighted by Crippen LogP contribution is -2.56. The van der Waals surface area contributed by atoms with Crippen LogP contribution in [-0.4, -0.2) is 40.8 Å². The fourth-order valence-electron chi connectivity index (χ4n) is 2.60. The minimum absolute atomic E-state index is 0.102. The summed E-state index contributed by atoms with van der Waals surface area (Å²) in [6.45, 7) is 2.87. The fraction of sp³-hybridized carbons (Fsp3) is 0.357. The van der Waals surface area contributed by atoms with Gasteiger partial charge in [-0.15, -0.1) is 11.3 Å². The van der Waals surface area contributed by atoms with E-state index in [1.54, 1.807) is 17.2 Å². The highest BCUT2D eigenvalue weighted by atomic mass is 32.1. The number of rotatable bonds is 2. The molecule has 1 aliphatic heterocycles. The lowest BCUT2D eigenvalue weighted by Gasteiger charge is -2.34. The van der Waals surface area contributed by atoms with Crippen LogP contribution in [0.1, 0.15) is 23.0 Å². The number of piperazine rings is 1. The van der Waals surface area contributed by atoms with Gasteiger partial charge in [0.15, 0.2) is 0 Å². The van der Waals surface area contributed by atoms with Crippen LogP contribution in [0.25, 0.3) is 10.2 Å². The fourth-order valence-corrected chi connectivity index (χ4v) is 3.62. The second kappa shape index (κ2) is 5.33.